The Morgan fingerprint density at radius 1 is 0.829 bits per heavy atom. The van der Waals surface area contributed by atoms with Crippen LogP contribution in [0.25, 0.3) is 0 Å². The van der Waals surface area contributed by atoms with Crippen LogP contribution in [0.4, 0.5) is 21.9 Å². The summed E-state index contributed by atoms with van der Waals surface area (Å²) in [5, 5.41) is 71.2. The minimum absolute atomic E-state index is 0.0170. The summed E-state index contributed by atoms with van der Waals surface area (Å²) in [6.07, 6.45) is -0.814. The van der Waals surface area contributed by atoms with Gasteiger partial charge in [0.15, 0.2) is 17.7 Å². The summed E-state index contributed by atoms with van der Waals surface area (Å²) in [7, 11) is 0. The van der Waals surface area contributed by atoms with Gasteiger partial charge in [-0.2, -0.15) is 0 Å². The molecule has 10 rings (SSSR count). The lowest BCUT2D eigenvalue weighted by atomic mass is 9.44. The standard InChI is InChI=1S/C60H67N5O17/c1-58-19-16-39(67)25-35(58)9-12-40-41-26-36-28-64(31-60(36,45(69)29-66)59(41,2)27-43(68)50(40)58)38-10-6-32(7-11-38)22-33-4-3-5-37(23-33)62-57(79)80-30-34-8-13-44(81-56-53(76)51(74)52(75)54(82-56)55(77)78)42(24-34)63-47(71)17-20-61-46(70)18-21-65-48(72)14-15-49(65)73/h3-8,10-11,13-16,19,23-25,36,40-41,43,50-54,56,66,68,74-76H,9,12,17-18,20-22,26-31H2,1-2H3,(H,61,70)(H,62,79)(H,63,71)(H,77,78)/t36-,40-,41-,43-,50+,51-,52-,53+,54-,56+,58-,59-,60+/m0/s1. The average molecular weight is 1130 g/mol. The predicted molar refractivity (Wildman–Crippen MR) is 291 cm³/mol. The molecule has 22 nitrogen and oxygen atoms in total. The third-order valence-corrected chi connectivity index (χ3v) is 18.4. The molecule has 5 amide bonds. The highest BCUT2D eigenvalue weighted by atomic mass is 16.7. The van der Waals surface area contributed by atoms with Crippen molar-refractivity contribution in [2.24, 2.45) is 39.9 Å². The highest BCUT2D eigenvalue weighted by molar-refractivity contribution is 6.13. The zero-order valence-corrected chi connectivity index (χ0v) is 45.3. The first-order valence-corrected chi connectivity index (χ1v) is 27.6. The predicted octanol–water partition coefficient (Wildman–Crippen LogP) is 2.93. The smallest absolute Gasteiger partial charge is 0.411 e. The molecular formula is C60H67N5O17. The van der Waals surface area contributed by atoms with Crippen LogP contribution < -0.4 is 25.6 Å². The molecule has 0 aromatic heterocycles. The first kappa shape index (κ1) is 57.6. The number of ketones is 2. The van der Waals surface area contributed by atoms with Gasteiger partial charge in [0.05, 0.1) is 17.2 Å². The van der Waals surface area contributed by atoms with Gasteiger partial charge in [-0.3, -0.25) is 39.0 Å². The summed E-state index contributed by atoms with van der Waals surface area (Å²) in [5.74, 6) is -4.05. The normalized spacial score (nSPS) is 31.5. The molecule has 0 radical (unpaired) electrons. The second-order valence-electron chi connectivity index (χ2n) is 23.1. The van der Waals surface area contributed by atoms with Gasteiger partial charge in [0.25, 0.3) is 11.8 Å². The highest BCUT2D eigenvalue weighted by Crippen LogP contribution is 2.72. The fourth-order valence-electron chi connectivity index (χ4n) is 14.5. The van der Waals surface area contributed by atoms with Crippen LogP contribution in [0.15, 0.2) is 103 Å². The zero-order chi connectivity index (χ0) is 58.4. The Hall–Kier alpha value is -7.60. The zero-order valence-electron chi connectivity index (χ0n) is 45.3. The van der Waals surface area contributed by atoms with E-state index in [1.54, 1.807) is 30.4 Å². The lowest BCUT2D eigenvalue weighted by molar-refractivity contribution is -0.271. The molecule has 3 aliphatic heterocycles. The number of Topliss-reactive ketones (excluding diaryl/α,β-unsaturated/α-hetero) is 1. The molecule has 2 saturated heterocycles. The van der Waals surface area contributed by atoms with Crippen molar-refractivity contribution in [2.45, 2.75) is 102 Å². The number of hydrogen-bond donors (Lipinski definition) is 9. The molecule has 82 heavy (non-hydrogen) atoms. The molecule has 9 N–H and O–H groups in total. The Balaban J connectivity index is 0.756. The van der Waals surface area contributed by atoms with Crippen LogP contribution in [-0.2, 0) is 56.1 Å². The van der Waals surface area contributed by atoms with Gasteiger partial charge in [0.1, 0.15) is 37.3 Å². The molecule has 4 aliphatic carbocycles. The molecular weight excluding hydrogens is 1060 g/mol. The second kappa shape index (κ2) is 23.0. The minimum Gasteiger partial charge on any atom is -0.479 e. The van der Waals surface area contributed by atoms with Gasteiger partial charge >= 0.3 is 12.1 Å². The maximum absolute atomic E-state index is 14.2. The van der Waals surface area contributed by atoms with E-state index in [2.05, 4.69) is 34.7 Å². The number of carboxylic acids is 1. The van der Waals surface area contributed by atoms with E-state index in [-0.39, 0.29) is 79.2 Å². The fraction of sp³-hybridized carbons (Fsp3) is 0.467. The van der Waals surface area contributed by atoms with Crippen molar-refractivity contribution in [3.63, 3.8) is 0 Å². The summed E-state index contributed by atoms with van der Waals surface area (Å²) in [5.41, 5.74) is 2.76. The van der Waals surface area contributed by atoms with Gasteiger partial charge in [-0.15, -0.1) is 0 Å². The first-order chi connectivity index (χ1) is 39.1. The van der Waals surface area contributed by atoms with Crippen molar-refractivity contribution in [3.05, 3.63) is 119 Å². The number of hydrogen-bond acceptors (Lipinski definition) is 17. The number of ether oxygens (including phenoxy) is 3. The van der Waals surface area contributed by atoms with Crippen molar-refractivity contribution >= 4 is 64.3 Å². The molecule has 3 aromatic carbocycles. The second-order valence-corrected chi connectivity index (χ2v) is 23.1. The maximum atomic E-state index is 14.2. The van der Waals surface area contributed by atoms with E-state index in [0.717, 1.165) is 58.7 Å². The van der Waals surface area contributed by atoms with Gasteiger partial charge in [-0.05, 0) is 121 Å². The van der Waals surface area contributed by atoms with E-state index in [0.29, 0.717) is 37.2 Å². The van der Waals surface area contributed by atoms with Gasteiger partial charge in [-0.1, -0.05) is 55.8 Å². The summed E-state index contributed by atoms with van der Waals surface area (Å²) in [6.45, 7) is 4.14. The Kier molecular flexibility index (Phi) is 16.1. The van der Waals surface area contributed by atoms with Gasteiger partial charge in [-0.25, -0.2) is 9.59 Å². The minimum atomic E-state index is -1.99. The number of aliphatic hydroxyl groups is 5. The molecule has 434 valence electrons. The number of carboxylic acid groups (broad SMARTS) is 1. The number of imide groups is 1. The van der Waals surface area contributed by atoms with Gasteiger partial charge in [0.2, 0.25) is 18.1 Å². The Morgan fingerprint density at radius 2 is 1.57 bits per heavy atom. The quantitative estimate of drug-likeness (QED) is 0.0827. The van der Waals surface area contributed by atoms with Crippen LogP contribution >= 0.6 is 0 Å². The van der Waals surface area contributed by atoms with E-state index in [4.69, 9.17) is 14.2 Å². The summed E-state index contributed by atoms with van der Waals surface area (Å²) in [4.78, 5) is 104. The largest absolute Gasteiger partial charge is 0.479 e. The van der Waals surface area contributed by atoms with E-state index >= 15 is 0 Å². The van der Waals surface area contributed by atoms with Crippen LogP contribution in [0.5, 0.6) is 5.75 Å². The van der Waals surface area contributed by atoms with Crippen LogP contribution in [0.2, 0.25) is 0 Å². The molecule has 0 bridgehead atoms. The molecule has 0 spiro atoms. The number of allylic oxidation sites excluding steroid dienone is 4. The number of nitrogens with zero attached hydrogens (tertiary/aromatic N) is 2. The lowest BCUT2D eigenvalue weighted by Gasteiger charge is -2.60. The molecule has 3 aromatic rings. The van der Waals surface area contributed by atoms with Crippen molar-refractivity contribution in [2.75, 3.05) is 48.3 Å². The number of rotatable bonds is 18. The number of aliphatic carboxylic acids is 1. The lowest BCUT2D eigenvalue weighted by Crippen LogP contribution is -2.61. The Morgan fingerprint density at radius 3 is 2.30 bits per heavy atom. The number of amides is 5. The van der Waals surface area contributed by atoms with Crippen LogP contribution in [0, 0.1) is 39.9 Å². The number of benzene rings is 3. The average Bonchev–Trinajstić information content (AvgIpc) is 1.59. The van der Waals surface area contributed by atoms with E-state index in [1.165, 1.54) is 18.2 Å². The first-order valence-electron chi connectivity index (χ1n) is 27.6. The highest BCUT2D eigenvalue weighted by Gasteiger charge is 2.73. The number of carbonyl (C=O) groups is 8. The third-order valence-electron chi connectivity index (χ3n) is 18.4. The van der Waals surface area contributed by atoms with E-state index < -0.39 is 95.4 Å². The van der Waals surface area contributed by atoms with Gasteiger partial charge in [0, 0.05) is 73.9 Å². The van der Waals surface area contributed by atoms with Crippen LogP contribution in [-0.4, -0.2) is 152 Å². The Labute approximate surface area is 471 Å². The number of aliphatic hydroxyl groups excluding tert-OH is 5. The van der Waals surface area contributed by atoms with Crippen LogP contribution in [0.1, 0.15) is 69.1 Å². The fourth-order valence-corrected chi connectivity index (χ4v) is 14.5. The SMILES string of the molecule is C[C@]12C=CC(=O)C=C1CC[C@@H]1[C@@H]2[C@@H](O)C[C@@]2(C)[C@H]1C[C@H]1CN(c3ccc(Cc4cccc(NC(=O)OCc5ccc(O[C@@H]6O[C@H](C(=O)O)[C@@H](O)[C@H](O)[C@H]6O)c(NC(=O)CCNC(=O)CCN6C(=O)C=CC6=O)c5)c4)cc3)C[C@]12C(=O)CO. The van der Waals surface area contributed by atoms with E-state index in [1.807, 2.05) is 36.4 Å². The molecule has 3 heterocycles. The molecule has 22 heteroatoms. The summed E-state index contributed by atoms with van der Waals surface area (Å²) in [6, 6.07) is 19.4. The van der Waals surface area contributed by atoms with Crippen molar-refractivity contribution in [1.29, 1.82) is 0 Å². The molecule has 13 atom stereocenters. The van der Waals surface area contributed by atoms with Crippen molar-refractivity contribution in [1.82, 2.24) is 10.2 Å². The number of carbonyl (C=O) groups excluding carboxylic acids is 7. The number of anilines is 3. The summed E-state index contributed by atoms with van der Waals surface area (Å²) < 4.78 is 16.6. The maximum Gasteiger partial charge on any atom is 0.411 e. The molecule has 0 unspecified atom stereocenters. The van der Waals surface area contributed by atoms with Crippen LogP contribution in [0.3, 0.4) is 0 Å². The van der Waals surface area contributed by atoms with Crippen molar-refractivity contribution in [3.8, 4) is 5.75 Å². The number of fused-ring (bicyclic) bond motifs is 7. The molecule has 7 aliphatic rings. The van der Waals surface area contributed by atoms with Crippen molar-refractivity contribution < 1.29 is 83.2 Å². The molecule has 3 saturated carbocycles. The van der Waals surface area contributed by atoms with E-state index in [9.17, 15) is 69.0 Å². The van der Waals surface area contributed by atoms with Gasteiger partial charge < -0.3 is 60.4 Å². The monoisotopic (exact) mass is 1130 g/mol. The number of nitrogens with one attached hydrogen (secondary N) is 3. The third kappa shape index (κ3) is 10.9. The molecule has 5 fully saturated rings. The topological polar surface area (TPSA) is 328 Å². The Bertz CT molecular complexity index is 3140. The summed E-state index contributed by atoms with van der Waals surface area (Å²) >= 11 is 0.